The lowest BCUT2D eigenvalue weighted by molar-refractivity contribution is -0.132. The molecule has 2 fully saturated rings. The Bertz CT molecular complexity index is 342. The first kappa shape index (κ1) is 14.1. The van der Waals surface area contributed by atoms with E-state index in [0.29, 0.717) is 25.7 Å². The predicted octanol–water partition coefficient (Wildman–Crippen LogP) is -1.11. The number of methoxy groups -OCH3 is 1. The normalized spacial score (nSPS) is 31.1. The van der Waals surface area contributed by atoms with E-state index >= 15 is 0 Å². The van der Waals surface area contributed by atoms with E-state index in [0.717, 1.165) is 13.0 Å². The van der Waals surface area contributed by atoms with Crippen LogP contribution in [0.1, 0.15) is 13.3 Å². The largest absolute Gasteiger partial charge is 0.453 e. The standard InChI is InChI=1S/C12H22N4O3/c1-8-5-14-10(6-13-8)11(17)16-4-3-9(7-16)15-12(18)19-2/h8-10,13-14H,3-7H2,1-2H3,(H,15,18). The molecule has 108 valence electrons. The summed E-state index contributed by atoms with van der Waals surface area (Å²) in [4.78, 5) is 25.2. The molecule has 2 saturated heterocycles. The van der Waals surface area contributed by atoms with Gasteiger partial charge in [0.05, 0.1) is 19.2 Å². The number of carbonyl (C=O) groups is 2. The molecule has 19 heavy (non-hydrogen) atoms. The quantitative estimate of drug-likeness (QED) is 0.593. The minimum atomic E-state index is -0.439. The molecule has 7 heteroatoms. The van der Waals surface area contributed by atoms with E-state index in [4.69, 9.17) is 0 Å². The van der Waals surface area contributed by atoms with Gasteiger partial charge in [-0.15, -0.1) is 0 Å². The highest BCUT2D eigenvalue weighted by Gasteiger charge is 2.32. The Hall–Kier alpha value is -1.34. The number of likely N-dealkylation sites (tertiary alicyclic amines) is 1. The molecule has 0 spiro atoms. The van der Waals surface area contributed by atoms with Crippen molar-refractivity contribution in [3.63, 3.8) is 0 Å². The summed E-state index contributed by atoms with van der Waals surface area (Å²) in [6.45, 7) is 4.78. The summed E-state index contributed by atoms with van der Waals surface area (Å²) in [6.07, 6.45) is 0.336. The molecular formula is C12H22N4O3. The van der Waals surface area contributed by atoms with Crippen LogP contribution >= 0.6 is 0 Å². The molecule has 0 aromatic carbocycles. The van der Waals surface area contributed by atoms with Crippen LogP contribution in [0.3, 0.4) is 0 Å². The van der Waals surface area contributed by atoms with Gasteiger partial charge in [0, 0.05) is 32.2 Å². The molecule has 0 aliphatic carbocycles. The van der Waals surface area contributed by atoms with Crippen molar-refractivity contribution < 1.29 is 14.3 Å². The second-order valence-corrected chi connectivity index (χ2v) is 5.18. The Balaban J connectivity index is 1.80. The first-order chi connectivity index (χ1) is 9.10. The maximum atomic E-state index is 12.3. The minimum absolute atomic E-state index is 0.00752. The fourth-order valence-corrected chi connectivity index (χ4v) is 2.48. The van der Waals surface area contributed by atoms with Gasteiger partial charge in [-0.3, -0.25) is 4.79 Å². The van der Waals surface area contributed by atoms with Gasteiger partial charge in [-0.1, -0.05) is 0 Å². The molecule has 0 radical (unpaired) electrons. The van der Waals surface area contributed by atoms with E-state index in [2.05, 4.69) is 27.6 Å². The van der Waals surface area contributed by atoms with Crippen LogP contribution in [0.2, 0.25) is 0 Å². The van der Waals surface area contributed by atoms with Crippen LogP contribution in [-0.2, 0) is 9.53 Å². The number of nitrogens with zero attached hydrogens (tertiary/aromatic N) is 1. The van der Waals surface area contributed by atoms with Crippen LogP contribution in [0.4, 0.5) is 4.79 Å². The third-order valence-electron chi connectivity index (χ3n) is 3.65. The van der Waals surface area contributed by atoms with Crippen LogP contribution in [0, 0.1) is 0 Å². The highest BCUT2D eigenvalue weighted by molar-refractivity contribution is 5.82. The molecule has 2 rings (SSSR count). The minimum Gasteiger partial charge on any atom is -0.453 e. The van der Waals surface area contributed by atoms with Crippen molar-refractivity contribution in [1.82, 2.24) is 20.9 Å². The first-order valence-corrected chi connectivity index (χ1v) is 6.70. The van der Waals surface area contributed by atoms with Crippen molar-refractivity contribution in [1.29, 1.82) is 0 Å². The Labute approximate surface area is 113 Å². The van der Waals surface area contributed by atoms with Crippen LogP contribution in [0.25, 0.3) is 0 Å². The van der Waals surface area contributed by atoms with E-state index in [1.54, 1.807) is 4.90 Å². The molecule has 0 aromatic heterocycles. The van der Waals surface area contributed by atoms with Crippen molar-refractivity contribution >= 4 is 12.0 Å². The SMILES string of the molecule is COC(=O)NC1CCN(C(=O)C2CNC(C)CN2)C1. The van der Waals surface area contributed by atoms with Gasteiger partial charge in [-0.2, -0.15) is 0 Å². The van der Waals surface area contributed by atoms with Gasteiger partial charge in [0.25, 0.3) is 0 Å². The zero-order chi connectivity index (χ0) is 13.8. The van der Waals surface area contributed by atoms with E-state index in [9.17, 15) is 9.59 Å². The third-order valence-corrected chi connectivity index (χ3v) is 3.65. The van der Waals surface area contributed by atoms with Crippen LogP contribution < -0.4 is 16.0 Å². The van der Waals surface area contributed by atoms with Gasteiger partial charge >= 0.3 is 6.09 Å². The molecule has 0 bridgehead atoms. The number of alkyl carbamates (subject to hydrolysis) is 1. The van der Waals surface area contributed by atoms with Crippen molar-refractivity contribution in [3.05, 3.63) is 0 Å². The van der Waals surface area contributed by atoms with Crippen molar-refractivity contribution in [3.8, 4) is 0 Å². The Morgan fingerprint density at radius 3 is 2.74 bits per heavy atom. The fraction of sp³-hybridized carbons (Fsp3) is 0.833. The third kappa shape index (κ3) is 3.57. The van der Waals surface area contributed by atoms with Gasteiger partial charge in [0.2, 0.25) is 5.91 Å². The summed E-state index contributed by atoms with van der Waals surface area (Å²) in [6, 6.07) is 0.233. The molecule has 2 amide bonds. The van der Waals surface area contributed by atoms with Crippen LogP contribution in [0.15, 0.2) is 0 Å². The van der Waals surface area contributed by atoms with Gasteiger partial charge < -0.3 is 25.6 Å². The van der Waals surface area contributed by atoms with E-state index in [1.807, 2.05) is 0 Å². The summed E-state index contributed by atoms with van der Waals surface area (Å²) in [5.41, 5.74) is 0. The van der Waals surface area contributed by atoms with Crippen molar-refractivity contribution in [2.75, 3.05) is 33.3 Å². The molecule has 2 aliphatic heterocycles. The molecule has 3 unspecified atom stereocenters. The Morgan fingerprint density at radius 1 is 1.32 bits per heavy atom. The number of piperazine rings is 1. The number of hydrogen-bond donors (Lipinski definition) is 3. The molecular weight excluding hydrogens is 248 g/mol. The highest BCUT2D eigenvalue weighted by Crippen LogP contribution is 2.11. The Morgan fingerprint density at radius 2 is 2.11 bits per heavy atom. The molecule has 3 atom stereocenters. The van der Waals surface area contributed by atoms with Gasteiger partial charge in [0.15, 0.2) is 0 Å². The molecule has 3 N–H and O–H groups in total. The zero-order valence-corrected chi connectivity index (χ0v) is 11.4. The van der Waals surface area contributed by atoms with Crippen molar-refractivity contribution in [2.45, 2.75) is 31.5 Å². The van der Waals surface area contributed by atoms with Gasteiger partial charge in [-0.05, 0) is 13.3 Å². The van der Waals surface area contributed by atoms with Crippen LogP contribution in [-0.4, -0.2) is 68.3 Å². The lowest BCUT2D eigenvalue weighted by atomic mass is 10.1. The highest BCUT2D eigenvalue weighted by atomic mass is 16.5. The topological polar surface area (TPSA) is 82.7 Å². The summed E-state index contributed by atoms with van der Waals surface area (Å²) in [5.74, 6) is 0.105. The van der Waals surface area contributed by atoms with E-state index < -0.39 is 6.09 Å². The average Bonchev–Trinajstić information content (AvgIpc) is 2.87. The first-order valence-electron chi connectivity index (χ1n) is 6.70. The molecule has 0 aromatic rings. The smallest absolute Gasteiger partial charge is 0.407 e. The van der Waals surface area contributed by atoms with Gasteiger partial charge in [-0.25, -0.2) is 4.79 Å². The predicted molar refractivity (Wildman–Crippen MR) is 69.8 cm³/mol. The number of amides is 2. The summed E-state index contributed by atoms with van der Waals surface area (Å²) in [7, 11) is 1.34. The number of carbonyl (C=O) groups excluding carboxylic acids is 2. The van der Waals surface area contributed by atoms with E-state index in [1.165, 1.54) is 7.11 Å². The maximum Gasteiger partial charge on any atom is 0.407 e. The summed E-state index contributed by atoms with van der Waals surface area (Å²) >= 11 is 0. The molecule has 2 heterocycles. The zero-order valence-electron chi connectivity index (χ0n) is 11.4. The maximum absolute atomic E-state index is 12.3. The molecule has 2 aliphatic rings. The Kier molecular flexibility index (Phi) is 4.60. The second kappa shape index (κ2) is 6.21. The fourth-order valence-electron chi connectivity index (χ4n) is 2.48. The summed E-state index contributed by atoms with van der Waals surface area (Å²) < 4.78 is 4.56. The van der Waals surface area contributed by atoms with E-state index in [-0.39, 0.29) is 18.0 Å². The monoisotopic (exact) mass is 270 g/mol. The number of hydrogen-bond acceptors (Lipinski definition) is 5. The number of ether oxygens (including phenoxy) is 1. The number of rotatable bonds is 2. The lowest BCUT2D eigenvalue weighted by Crippen LogP contribution is -2.59. The van der Waals surface area contributed by atoms with Gasteiger partial charge in [0.1, 0.15) is 0 Å². The second-order valence-electron chi connectivity index (χ2n) is 5.18. The van der Waals surface area contributed by atoms with Crippen LogP contribution in [0.5, 0.6) is 0 Å². The lowest BCUT2D eigenvalue weighted by Gasteiger charge is -2.31. The number of nitrogens with one attached hydrogen (secondary N) is 3. The molecule has 0 saturated carbocycles. The average molecular weight is 270 g/mol. The molecule has 7 nitrogen and oxygen atoms in total. The summed E-state index contributed by atoms with van der Waals surface area (Å²) in [5, 5.41) is 9.27. The van der Waals surface area contributed by atoms with Crippen molar-refractivity contribution in [2.24, 2.45) is 0 Å².